The van der Waals surface area contributed by atoms with Crippen LogP contribution in [0.1, 0.15) is 32.0 Å². The molecule has 0 saturated carbocycles. The van der Waals surface area contributed by atoms with Gasteiger partial charge < -0.3 is 35.3 Å². The Kier molecular flexibility index (Phi) is 7.94. The first-order valence-electron chi connectivity index (χ1n) is 13.2. The number of carbonyl (C=O) groups excluding carboxylic acids is 3. The Balaban J connectivity index is 1.26. The number of aryl methyl sites for hydroxylation is 1. The second kappa shape index (κ2) is 11.8. The first kappa shape index (κ1) is 28.4. The van der Waals surface area contributed by atoms with Crippen LogP contribution in [0.25, 0.3) is 17.0 Å². The maximum absolute atomic E-state index is 14.5. The summed E-state index contributed by atoms with van der Waals surface area (Å²) in [6.45, 7) is 3.03. The van der Waals surface area contributed by atoms with Gasteiger partial charge in [-0.15, -0.1) is 0 Å². The summed E-state index contributed by atoms with van der Waals surface area (Å²) in [7, 11) is 5.31. The Morgan fingerprint density at radius 2 is 1.76 bits per heavy atom. The Hall–Kier alpha value is -5.16. The normalized spacial score (nSPS) is 13.3. The third kappa shape index (κ3) is 5.96. The number of amides is 3. The number of hydrogen-bond acceptors (Lipinski definition) is 6. The molecule has 4 N–H and O–H groups in total. The molecule has 216 valence electrons. The van der Waals surface area contributed by atoms with Crippen molar-refractivity contribution in [3.8, 4) is 11.5 Å². The number of aromatic amines is 1. The van der Waals surface area contributed by atoms with Crippen molar-refractivity contribution in [2.24, 2.45) is 0 Å². The van der Waals surface area contributed by atoms with E-state index in [0.717, 1.165) is 6.54 Å². The van der Waals surface area contributed by atoms with Gasteiger partial charge in [0, 0.05) is 52.7 Å². The van der Waals surface area contributed by atoms with Gasteiger partial charge >= 0.3 is 6.03 Å². The van der Waals surface area contributed by atoms with Crippen molar-refractivity contribution in [2.75, 3.05) is 44.9 Å². The number of methoxy groups -OCH3 is 1. The topological polar surface area (TPSA) is 125 Å². The van der Waals surface area contributed by atoms with Gasteiger partial charge in [0.05, 0.1) is 18.2 Å². The van der Waals surface area contributed by atoms with Crippen molar-refractivity contribution in [3.63, 3.8) is 0 Å². The number of Topliss-reactive ketones (excluding diaryl/α,β-unsaturated/α-hetero) is 1. The summed E-state index contributed by atoms with van der Waals surface area (Å²) in [4.78, 5) is 43.1. The summed E-state index contributed by atoms with van der Waals surface area (Å²) in [5.74, 6) is -0.261. The summed E-state index contributed by atoms with van der Waals surface area (Å²) in [5, 5.41) is 8.81. The van der Waals surface area contributed by atoms with Crippen LogP contribution in [0.4, 0.5) is 20.6 Å². The molecule has 0 bridgehead atoms. The first-order chi connectivity index (χ1) is 20.1. The van der Waals surface area contributed by atoms with Gasteiger partial charge in [0.25, 0.3) is 5.91 Å². The van der Waals surface area contributed by atoms with Crippen molar-refractivity contribution in [2.45, 2.75) is 6.92 Å². The van der Waals surface area contributed by atoms with Gasteiger partial charge in [-0.05, 0) is 75.6 Å². The van der Waals surface area contributed by atoms with E-state index in [9.17, 15) is 18.8 Å². The second-order valence-electron chi connectivity index (χ2n) is 10.1. The number of aromatic nitrogens is 1. The quantitative estimate of drug-likeness (QED) is 0.216. The van der Waals surface area contributed by atoms with Crippen molar-refractivity contribution >= 4 is 46.1 Å². The van der Waals surface area contributed by atoms with Gasteiger partial charge in [0.1, 0.15) is 11.5 Å². The highest BCUT2D eigenvalue weighted by Crippen LogP contribution is 2.36. The highest BCUT2D eigenvalue weighted by atomic mass is 19.1. The minimum Gasteiger partial charge on any atom is -0.497 e. The number of urea groups is 1. The molecule has 42 heavy (non-hydrogen) atoms. The van der Waals surface area contributed by atoms with Crippen molar-refractivity contribution in [1.82, 2.24) is 15.2 Å². The van der Waals surface area contributed by atoms with Crippen LogP contribution in [-0.2, 0) is 0 Å². The fourth-order valence-corrected chi connectivity index (χ4v) is 4.57. The molecule has 10 nitrogen and oxygen atoms in total. The van der Waals surface area contributed by atoms with E-state index in [4.69, 9.17) is 9.47 Å². The van der Waals surface area contributed by atoms with E-state index in [1.165, 1.54) is 19.2 Å². The Bertz CT molecular complexity index is 1730. The molecule has 0 fully saturated rings. The smallest absolute Gasteiger partial charge is 0.323 e. The number of rotatable bonds is 8. The van der Waals surface area contributed by atoms with Crippen LogP contribution in [-0.4, -0.2) is 61.9 Å². The van der Waals surface area contributed by atoms with Crippen LogP contribution in [0.15, 0.2) is 60.4 Å². The van der Waals surface area contributed by atoms with Crippen LogP contribution in [0.5, 0.6) is 11.5 Å². The lowest BCUT2D eigenvalue weighted by Gasteiger charge is -2.11. The lowest BCUT2D eigenvalue weighted by molar-refractivity contribution is 0.0950. The van der Waals surface area contributed by atoms with E-state index in [1.54, 1.807) is 55.5 Å². The van der Waals surface area contributed by atoms with Crippen LogP contribution >= 0.6 is 0 Å². The lowest BCUT2D eigenvalue weighted by atomic mass is 10.1. The summed E-state index contributed by atoms with van der Waals surface area (Å²) < 4.78 is 25.6. The number of halogens is 1. The first-order valence-corrected chi connectivity index (χ1v) is 13.2. The number of H-pyrrole nitrogens is 1. The molecular weight excluding hydrogens is 541 g/mol. The fourth-order valence-electron chi connectivity index (χ4n) is 4.57. The molecule has 3 aromatic carbocycles. The largest absolute Gasteiger partial charge is 0.497 e. The summed E-state index contributed by atoms with van der Waals surface area (Å²) in [5.41, 5.74) is 3.21. The molecule has 0 spiro atoms. The number of ketones is 1. The monoisotopic (exact) mass is 571 g/mol. The van der Waals surface area contributed by atoms with Crippen molar-refractivity contribution in [1.29, 1.82) is 0 Å². The molecule has 2 heterocycles. The molecule has 1 aliphatic rings. The molecule has 1 aliphatic heterocycles. The SMILES string of the molecule is COc1cc(F)c2[nH]c(C)c(C=C3Oc4ccc(NC(=O)Nc5ccc(C(=O)NCCN(C)C)cc5)cc4C3=O)c2c1. The Morgan fingerprint density at radius 3 is 2.48 bits per heavy atom. The van der Waals surface area contributed by atoms with E-state index >= 15 is 0 Å². The zero-order valence-electron chi connectivity index (χ0n) is 23.6. The predicted octanol–water partition coefficient (Wildman–Crippen LogP) is 5.18. The highest BCUT2D eigenvalue weighted by molar-refractivity contribution is 6.16. The fraction of sp³-hybridized carbons (Fsp3) is 0.194. The van der Waals surface area contributed by atoms with Gasteiger partial charge in [-0.2, -0.15) is 0 Å². The third-order valence-electron chi connectivity index (χ3n) is 6.76. The predicted molar refractivity (Wildman–Crippen MR) is 159 cm³/mol. The van der Waals surface area contributed by atoms with E-state index in [1.807, 2.05) is 19.0 Å². The molecular formula is C31H30FN5O5. The molecule has 5 rings (SSSR count). The van der Waals surface area contributed by atoms with E-state index in [-0.39, 0.29) is 23.0 Å². The number of nitrogens with zero attached hydrogens (tertiary/aromatic N) is 1. The molecule has 0 atom stereocenters. The number of allylic oxidation sites excluding steroid dienone is 1. The van der Waals surface area contributed by atoms with Gasteiger partial charge in [-0.1, -0.05) is 0 Å². The maximum atomic E-state index is 14.5. The van der Waals surface area contributed by atoms with Gasteiger partial charge in [-0.3, -0.25) is 9.59 Å². The van der Waals surface area contributed by atoms with Crippen molar-refractivity contribution in [3.05, 3.63) is 88.6 Å². The molecule has 0 saturated heterocycles. The number of fused-ring (bicyclic) bond motifs is 2. The molecule has 1 aromatic heterocycles. The number of carbonyl (C=O) groups is 3. The van der Waals surface area contributed by atoms with Crippen LogP contribution in [0.3, 0.4) is 0 Å². The number of hydrogen-bond donors (Lipinski definition) is 4. The van der Waals surface area contributed by atoms with E-state index in [0.29, 0.717) is 57.1 Å². The van der Waals surface area contributed by atoms with Crippen molar-refractivity contribution < 1.29 is 28.2 Å². The molecule has 0 radical (unpaired) electrons. The van der Waals surface area contributed by atoms with E-state index in [2.05, 4.69) is 20.9 Å². The summed E-state index contributed by atoms with van der Waals surface area (Å²) in [6, 6.07) is 13.7. The number of nitrogens with one attached hydrogen (secondary N) is 4. The minimum atomic E-state index is -0.523. The maximum Gasteiger partial charge on any atom is 0.323 e. The average molecular weight is 572 g/mol. The molecule has 3 amide bonds. The Morgan fingerprint density at radius 1 is 1.05 bits per heavy atom. The molecule has 0 aliphatic carbocycles. The number of ether oxygens (including phenoxy) is 2. The van der Waals surface area contributed by atoms with Crippen LogP contribution < -0.4 is 25.4 Å². The minimum absolute atomic E-state index is 0.0738. The Labute approximate surface area is 241 Å². The summed E-state index contributed by atoms with van der Waals surface area (Å²) >= 11 is 0. The number of likely N-dealkylation sites (N-methyl/N-ethyl adjacent to an activating group) is 1. The average Bonchev–Trinajstić information content (AvgIpc) is 3.44. The summed E-state index contributed by atoms with van der Waals surface area (Å²) in [6.07, 6.45) is 1.57. The standard InChI is InChI=1S/C31H30FN5O5/c1-17-22(23-14-21(41-4)15-25(32)28(23)34-17)16-27-29(38)24-13-20(9-10-26(24)42-27)36-31(40)35-19-7-5-18(6-8-19)30(39)33-11-12-37(2)3/h5-10,13-16,34H,11-12H2,1-4H3,(H,33,39)(H2,35,36,40). The molecule has 4 aromatic rings. The van der Waals surface area contributed by atoms with Gasteiger partial charge in [0.15, 0.2) is 11.6 Å². The molecule has 11 heteroatoms. The van der Waals surface area contributed by atoms with Gasteiger partial charge in [-0.25, -0.2) is 9.18 Å². The van der Waals surface area contributed by atoms with Gasteiger partial charge in [0.2, 0.25) is 5.78 Å². The zero-order valence-corrected chi connectivity index (χ0v) is 23.6. The highest BCUT2D eigenvalue weighted by Gasteiger charge is 2.28. The van der Waals surface area contributed by atoms with Crippen LogP contribution in [0, 0.1) is 12.7 Å². The number of anilines is 2. The van der Waals surface area contributed by atoms with Crippen LogP contribution in [0.2, 0.25) is 0 Å². The third-order valence-corrected chi connectivity index (χ3v) is 6.76. The number of benzene rings is 3. The second-order valence-corrected chi connectivity index (χ2v) is 10.1. The van der Waals surface area contributed by atoms with E-state index < -0.39 is 11.8 Å². The molecule has 0 unspecified atom stereocenters. The zero-order chi connectivity index (χ0) is 30.0. The lowest BCUT2D eigenvalue weighted by Crippen LogP contribution is -2.31.